The molecule has 1 aromatic carbocycles. The molecule has 0 saturated heterocycles. The fraction of sp³-hybridized carbons (Fsp3) is 0.500. The van der Waals surface area contributed by atoms with Gasteiger partial charge < -0.3 is 15.0 Å². The maximum absolute atomic E-state index is 12.2. The summed E-state index contributed by atoms with van der Waals surface area (Å²) in [5.74, 6) is 0.0369. The molecule has 4 heteroatoms. The van der Waals surface area contributed by atoms with Gasteiger partial charge >= 0.3 is 0 Å². The highest BCUT2D eigenvalue weighted by Gasteiger charge is 2.13. The molecule has 18 heavy (non-hydrogen) atoms. The van der Waals surface area contributed by atoms with Crippen LogP contribution < -0.4 is 5.32 Å². The van der Waals surface area contributed by atoms with Gasteiger partial charge in [-0.3, -0.25) is 4.79 Å². The van der Waals surface area contributed by atoms with Crippen molar-refractivity contribution in [2.45, 2.75) is 13.8 Å². The molecule has 100 valence electrons. The average molecular weight is 250 g/mol. The highest BCUT2D eigenvalue weighted by atomic mass is 16.5. The van der Waals surface area contributed by atoms with E-state index in [0.29, 0.717) is 19.8 Å². The van der Waals surface area contributed by atoms with E-state index in [1.807, 2.05) is 39.1 Å². The third kappa shape index (κ3) is 3.74. The van der Waals surface area contributed by atoms with Gasteiger partial charge in [-0.15, -0.1) is 0 Å². The second kappa shape index (κ2) is 7.01. The predicted molar refractivity (Wildman–Crippen MR) is 74.2 cm³/mol. The molecular weight excluding hydrogens is 228 g/mol. The Morgan fingerprint density at radius 3 is 2.72 bits per heavy atom. The fourth-order valence-corrected chi connectivity index (χ4v) is 1.71. The Morgan fingerprint density at radius 2 is 2.17 bits per heavy atom. The van der Waals surface area contributed by atoms with E-state index in [-0.39, 0.29) is 5.91 Å². The van der Waals surface area contributed by atoms with E-state index in [4.69, 9.17) is 4.74 Å². The van der Waals surface area contributed by atoms with E-state index in [9.17, 15) is 4.79 Å². The Bertz CT molecular complexity index is 405. The average Bonchev–Trinajstić information content (AvgIpc) is 2.38. The van der Waals surface area contributed by atoms with Crippen LogP contribution in [0.1, 0.15) is 22.8 Å². The van der Waals surface area contributed by atoms with Crippen LogP contribution in [-0.2, 0) is 4.74 Å². The number of benzene rings is 1. The molecule has 1 amide bonds. The van der Waals surface area contributed by atoms with Crippen molar-refractivity contribution in [2.75, 3.05) is 39.2 Å². The zero-order chi connectivity index (χ0) is 13.5. The summed E-state index contributed by atoms with van der Waals surface area (Å²) in [7, 11) is 3.66. The number of amides is 1. The lowest BCUT2D eigenvalue weighted by Crippen LogP contribution is -2.30. The summed E-state index contributed by atoms with van der Waals surface area (Å²) in [5, 5.41) is 3.06. The lowest BCUT2D eigenvalue weighted by atomic mass is 10.1. The van der Waals surface area contributed by atoms with Crippen molar-refractivity contribution in [1.82, 2.24) is 4.90 Å². The van der Waals surface area contributed by atoms with Crippen LogP contribution in [0.3, 0.4) is 0 Å². The summed E-state index contributed by atoms with van der Waals surface area (Å²) in [6, 6.07) is 5.75. The fourth-order valence-electron chi connectivity index (χ4n) is 1.71. The number of hydrogen-bond acceptors (Lipinski definition) is 3. The zero-order valence-electron chi connectivity index (χ0n) is 11.6. The Labute approximate surface area is 109 Å². The van der Waals surface area contributed by atoms with Crippen LogP contribution in [-0.4, -0.2) is 44.7 Å². The van der Waals surface area contributed by atoms with Crippen molar-refractivity contribution >= 4 is 11.6 Å². The van der Waals surface area contributed by atoms with Gasteiger partial charge in [-0.1, -0.05) is 0 Å². The maximum atomic E-state index is 12.2. The number of nitrogens with zero attached hydrogens (tertiary/aromatic N) is 1. The van der Waals surface area contributed by atoms with Crippen LogP contribution in [0.25, 0.3) is 0 Å². The summed E-state index contributed by atoms with van der Waals surface area (Å²) in [4.78, 5) is 13.9. The van der Waals surface area contributed by atoms with Gasteiger partial charge in [-0.25, -0.2) is 0 Å². The lowest BCUT2D eigenvalue weighted by Gasteiger charge is -2.18. The number of carbonyl (C=O) groups is 1. The summed E-state index contributed by atoms with van der Waals surface area (Å²) < 4.78 is 5.25. The first-order valence-electron chi connectivity index (χ1n) is 6.21. The van der Waals surface area contributed by atoms with Crippen LogP contribution in [0.4, 0.5) is 5.69 Å². The normalized spacial score (nSPS) is 10.2. The van der Waals surface area contributed by atoms with Crippen molar-refractivity contribution < 1.29 is 9.53 Å². The molecule has 1 aromatic rings. The van der Waals surface area contributed by atoms with Gasteiger partial charge in [0.05, 0.1) is 6.61 Å². The van der Waals surface area contributed by atoms with Gasteiger partial charge in [-0.2, -0.15) is 0 Å². The lowest BCUT2D eigenvalue weighted by molar-refractivity contribution is 0.0709. The van der Waals surface area contributed by atoms with Crippen molar-refractivity contribution in [2.24, 2.45) is 0 Å². The van der Waals surface area contributed by atoms with E-state index < -0.39 is 0 Å². The topological polar surface area (TPSA) is 41.6 Å². The molecule has 0 aliphatic heterocycles. The molecule has 0 radical (unpaired) electrons. The molecule has 0 heterocycles. The monoisotopic (exact) mass is 250 g/mol. The van der Waals surface area contributed by atoms with Crippen LogP contribution in [0.15, 0.2) is 18.2 Å². The third-order valence-electron chi connectivity index (χ3n) is 2.87. The first kappa shape index (κ1) is 14.5. The van der Waals surface area contributed by atoms with Crippen LogP contribution in [0.5, 0.6) is 0 Å². The molecule has 0 aromatic heterocycles. The molecule has 4 nitrogen and oxygen atoms in total. The molecule has 0 aliphatic carbocycles. The van der Waals surface area contributed by atoms with Crippen molar-refractivity contribution in [3.8, 4) is 0 Å². The van der Waals surface area contributed by atoms with E-state index in [1.54, 1.807) is 11.9 Å². The van der Waals surface area contributed by atoms with Gasteiger partial charge in [0.1, 0.15) is 0 Å². The molecule has 1 N–H and O–H groups in total. The summed E-state index contributed by atoms with van der Waals surface area (Å²) >= 11 is 0. The molecule has 0 atom stereocenters. The SMILES string of the molecule is CCOCCN(C)C(=O)c1ccc(NC)cc1C. The number of hydrogen-bond donors (Lipinski definition) is 1. The first-order chi connectivity index (χ1) is 8.60. The van der Waals surface area contributed by atoms with Gasteiger partial charge in [0.15, 0.2) is 0 Å². The molecule has 0 spiro atoms. The minimum absolute atomic E-state index is 0.0369. The number of likely N-dealkylation sites (N-methyl/N-ethyl adjacent to an activating group) is 1. The summed E-state index contributed by atoms with van der Waals surface area (Å²) in [6.45, 7) is 5.76. The van der Waals surface area contributed by atoms with Gasteiger partial charge in [0.2, 0.25) is 0 Å². The predicted octanol–water partition coefficient (Wildman–Crippen LogP) is 2.15. The highest BCUT2D eigenvalue weighted by Crippen LogP contribution is 2.16. The number of rotatable bonds is 6. The minimum Gasteiger partial charge on any atom is -0.388 e. The quantitative estimate of drug-likeness (QED) is 0.787. The molecule has 1 rings (SSSR count). The molecule has 0 unspecified atom stereocenters. The van der Waals surface area contributed by atoms with E-state index >= 15 is 0 Å². The smallest absolute Gasteiger partial charge is 0.253 e. The molecular formula is C14H22N2O2. The van der Waals surface area contributed by atoms with E-state index in [1.165, 1.54) is 0 Å². The van der Waals surface area contributed by atoms with Crippen molar-refractivity contribution in [1.29, 1.82) is 0 Å². The largest absolute Gasteiger partial charge is 0.388 e. The number of ether oxygens (including phenoxy) is 1. The first-order valence-corrected chi connectivity index (χ1v) is 6.21. The molecule has 0 fully saturated rings. The standard InChI is InChI=1S/C14H22N2O2/c1-5-18-9-8-16(4)14(17)13-7-6-12(15-3)10-11(13)2/h6-7,10,15H,5,8-9H2,1-4H3. The molecule has 0 saturated carbocycles. The van der Waals surface area contributed by atoms with Gasteiger partial charge in [-0.05, 0) is 37.6 Å². The van der Waals surface area contributed by atoms with E-state index in [2.05, 4.69) is 5.32 Å². The molecule has 0 aliphatic rings. The number of carbonyl (C=O) groups excluding carboxylic acids is 1. The minimum atomic E-state index is 0.0369. The van der Waals surface area contributed by atoms with Crippen molar-refractivity contribution in [3.05, 3.63) is 29.3 Å². The second-order valence-electron chi connectivity index (χ2n) is 4.20. The Balaban J connectivity index is 2.71. The number of anilines is 1. The molecule has 0 bridgehead atoms. The Morgan fingerprint density at radius 1 is 1.44 bits per heavy atom. The Hall–Kier alpha value is -1.55. The highest BCUT2D eigenvalue weighted by molar-refractivity contribution is 5.95. The van der Waals surface area contributed by atoms with E-state index in [0.717, 1.165) is 16.8 Å². The van der Waals surface area contributed by atoms with Gasteiger partial charge in [0.25, 0.3) is 5.91 Å². The van der Waals surface area contributed by atoms with Crippen LogP contribution in [0.2, 0.25) is 0 Å². The second-order valence-corrected chi connectivity index (χ2v) is 4.20. The summed E-state index contributed by atoms with van der Waals surface area (Å²) in [6.07, 6.45) is 0. The Kier molecular flexibility index (Phi) is 5.65. The summed E-state index contributed by atoms with van der Waals surface area (Å²) in [5.41, 5.74) is 2.74. The third-order valence-corrected chi connectivity index (χ3v) is 2.87. The van der Waals surface area contributed by atoms with Crippen LogP contribution in [0, 0.1) is 6.92 Å². The maximum Gasteiger partial charge on any atom is 0.253 e. The number of nitrogens with one attached hydrogen (secondary N) is 1. The van der Waals surface area contributed by atoms with Crippen molar-refractivity contribution in [3.63, 3.8) is 0 Å². The number of aryl methyl sites for hydroxylation is 1. The zero-order valence-corrected chi connectivity index (χ0v) is 11.6. The van der Waals surface area contributed by atoms with Gasteiger partial charge in [0, 0.05) is 38.5 Å². The van der Waals surface area contributed by atoms with Crippen LogP contribution >= 0.6 is 0 Å².